The Morgan fingerprint density at radius 2 is 2.00 bits per heavy atom. The number of carboxylic acids is 1. The second kappa shape index (κ2) is 5.40. The van der Waals surface area contributed by atoms with Gasteiger partial charge in [-0.05, 0) is 30.5 Å². The Balaban J connectivity index is 1.62. The zero-order valence-corrected chi connectivity index (χ0v) is 11.2. The summed E-state index contributed by atoms with van der Waals surface area (Å²) in [4.78, 5) is 26.9. The third-order valence-corrected chi connectivity index (χ3v) is 3.42. The van der Waals surface area contributed by atoms with Crippen LogP contribution in [0.2, 0.25) is 0 Å². The second-order valence-electron chi connectivity index (χ2n) is 5.03. The zero-order chi connectivity index (χ0) is 14.8. The first-order valence-corrected chi connectivity index (χ1v) is 6.69. The summed E-state index contributed by atoms with van der Waals surface area (Å²) in [5, 5.41) is 11.6. The van der Waals surface area contributed by atoms with Crippen molar-refractivity contribution in [2.75, 3.05) is 0 Å². The molecule has 1 aromatic heterocycles. The number of carbonyl (C=O) groups excluding carboxylic acids is 1. The molecule has 108 valence electrons. The van der Waals surface area contributed by atoms with E-state index in [-0.39, 0.29) is 17.2 Å². The van der Waals surface area contributed by atoms with Crippen LogP contribution in [-0.4, -0.2) is 22.0 Å². The van der Waals surface area contributed by atoms with Crippen LogP contribution in [0.25, 0.3) is 0 Å². The Kier molecular flexibility index (Phi) is 3.43. The number of nitrogens with one attached hydrogen (secondary N) is 1. The summed E-state index contributed by atoms with van der Waals surface area (Å²) in [6, 6.07) is 6.36. The topological polar surface area (TPSA) is 92.4 Å². The number of carbonyl (C=O) groups is 2. The van der Waals surface area contributed by atoms with E-state index in [1.54, 1.807) is 12.1 Å². The van der Waals surface area contributed by atoms with Crippen LogP contribution in [-0.2, 0) is 6.54 Å². The fourth-order valence-corrected chi connectivity index (χ4v) is 2.10. The van der Waals surface area contributed by atoms with Gasteiger partial charge < -0.3 is 14.8 Å². The largest absolute Gasteiger partial charge is 0.478 e. The molecule has 0 unspecified atom stereocenters. The summed E-state index contributed by atoms with van der Waals surface area (Å²) >= 11 is 0. The van der Waals surface area contributed by atoms with Crippen molar-refractivity contribution in [2.24, 2.45) is 0 Å². The SMILES string of the molecule is O=C(O)c1ccc(CNC(=O)c2ocnc2C2CC2)cc1. The van der Waals surface area contributed by atoms with Crippen molar-refractivity contribution in [2.45, 2.75) is 25.3 Å². The maximum atomic E-state index is 12.1. The van der Waals surface area contributed by atoms with E-state index in [0.29, 0.717) is 12.5 Å². The molecule has 1 aromatic carbocycles. The normalized spacial score (nSPS) is 13.9. The minimum absolute atomic E-state index is 0.219. The molecule has 6 heteroatoms. The van der Waals surface area contributed by atoms with E-state index in [9.17, 15) is 9.59 Å². The number of benzene rings is 1. The highest BCUT2D eigenvalue weighted by molar-refractivity contribution is 5.92. The fraction of sp³-hybridized carbons (Fsp3) is 0.267. The first-order chi connectivity index (χ1) is 10.1. The maximum absolute atomic E-state index is 12.1. The number of aromatic nitrogens is 1. The van der Waals surface area contributed by atoms with Gasteiger partial charge in [-0.2, -0.15) is 0 Å². The summed E-state index contributed by atoms with van der Waals surface area (Å²) in [6.45, 7) is 0.309. The number of amides is 1. The number of oxazole rings is 1. The van der Waals surface area contributed by atoms with E-state index < -0.39 is 5.97 Å². The third-order valence-electron chi connectivity index (χ3n) is 3.42. The molecule has 0 bridgehead atoms. The molecule has 0 atom stereocenters. The minimum Gasteiger partial charge on any atom is -0.478 e. The van der Waals surface area contributed by atoms with Gasteiger partial charge in [-0.3, -0.25) is 4.79 Å². The summed E-state index contributed by atoms with van der Waals surface area (Å²) < 4.78 is 5.17. The fourth-order valence-electron chi connectivity index (χ4n) is 2.10. The lowest BCUT2D eigenvalue weighted by molar-refractivity contribution is 0.0696. The number of hydrogen-bond acceptors (Lipinski definition) is 4. The van der Waals surface area contributed by atoms with Crippen molar-refractivity contribution >= 4 is 11.9 Å². The molecule has 0 spiro atoms. The number of aromatic carboxylic acids is 1. The molecule has 0 aliphatic heterocycles. The van der Waals surface area contributed by atoms with Gasteiger partial charge in [0.1, 0.15) is 0 Å². The van der Waals surface area contributed by atoms with Crippen molar-refractivity contribution in [3.05, 3.63) is 53.2 Å². The van der Waals surface area contributed by atoms with Crippen molar-refractivity contribution in [1.82, 2.24) is 10.3 Å². The first kappa shape index (κ1) is 13.4. The van der Waals surface area contributed by atoms with E-state index in [1.807, 2.05) is 0 Å². The first-order valence-electron chi connectivity index (χ1n) is 6.69. The lowest BCUT2D eigenvalue weighted by atomic mass is 10.1. The predicted molar refractivity (Wildman–Crippen MR) is 73.0 cm³/mol. The standard InChI is InChI=1S/C15H14N2O4/c18-14(13-12(10-5-6-10)17-8-21-13)16-7-9-1-3-11(4-2-9)15(19)20/h1-4,8,10H,5-7H2,(H,16,18)(H,19,20). The highest BCUT2D eigenvalue weighted by atomic mass is 16.4. The maximum Gasteiger partial charge on any atom is 0.335 e. The van der Waals surface area contributed by atoms with E-state index >= 15 is 0 Å². The highest BCUT2D eigenvalue weighted by Gasteiger charge is 2.31. The van der Waals surface area contributed by atoms with Crippen LogP contribution in [0.5, 0.6) is 0 Å². The van der Waals surface area contributed by atoms with Gasteiger partial charge in [-0.1, -0.05) is 12.1 Å². The van der Waals surface area contributed by atoms with E-state index in [1.165, 1.54) is 18.5 Å². The van der Waals surface area contributed by atoms with Crippen molar-refractivity contribution in [3.8, 4) is 0 Å². The van der Waals surface area contributed by atoms with Gasteiger partial charge in [-0.15, -0.1) is 0 Å². The van der Waals surface area contributed by atoms with Crippen molar-refractivity contribution in [3.63, 3.8) is 0 Å². The van der Waals surface area contributed by atoms with Crippen LogP contribution in [0.3, 0.4) is 0 Å². The molecule has 1 aliphatic rings. The second-order valence-corrected chi connectivity index (χ2v) is 5.03. The molecule has 2 N–H and O–H groups in total. The number of carboxylic acid groups (broad SMARTS) is 1. The van der Waals surface area contributed by atoms with E-state index in [0.717, 1.165) is 24.1 Å². The van der Waals surface area contributed by atoms with Crippen molar-refractivity contribution < 1.29 is 19.1 Å². The summed E-state index contributed by atoms with van der Waals surface area (Å²) in [5.41, 5.74) is 1.77. The summed E-state index contributed by atoms with van der Waals surface area (Å²) in [6.07, 6.45) is 3.39. The Morgan fingerprint density at radius 1 is 1.29 bits per heavy atom. The monoisotopic (exact) mass is 286 g/mol. The average molecular weight is 286 g/mol. The predicted octanol–water partition coefficient (Wildman–Crippen LogP) is 2.18. The zero-order valence-electron chi connectivity index (χ0n) is 11.2. The number of nitrogens with zero attached hydrogens (tertiary/aromatic N) is 1. The minimum atomic E-state index is -0.971. The van der Waals surface area contributed by atoms with E-state index in [4.69, 9.17) is 9.52 Å². The molecule has 2 aromatic rings. The molecule has 3 rings (SSSR count). The third kappa shape index (κ3) is 2.94. The van der Waals surface area contributed by atoms with Crippen LogP contribution in [0.1, 0.15) is 50.9 Å². The lowest BCUT2D eigenvalue weighted by Gasteiger charge is -2.05. The summed E-state index contributed by atoms with van der Waals surface area (Å²) in [5.74, 6) is -0.642. The van der Waals surface area contributed by atoms with Gasteiger partial charge in [0.2, 0.25) is 5.76 Å². The van der Waals surface area contributed by atoms with Crippen LogP contribution >= 0.6 is 0 Å². The Bertz CT molecular complexity index is 671. The van der Waals surface area contributed by atoms with Gasteiger partial charge in [0.05, 0.1) is 11.3 Å². The lowest BCUT2D eigenvalue weighted by Crippen LogP contribution is -2.23. The molecular formula is C15H14N2O4. The molecular weight excluding hydrogens is 272 g/mol. The number of rotatable bonds is 5. The Morgan fingerprint density at radius 3 is 2.62 bits per heavy atom. The van der Waals surface area contributed by atoms with Crippen molar-refractivity contribution in [1.29, 1.82) is 0 Å². The molecule has 1 saturated carbocycles. The Labute approximate surface area is 120 Å². The highest BCUT2D eigenvalue weighted by Crippen LogP contribution is 2.40. The van der Waals surface area contributed by atoms with Gasteiger partial charge in [0.25, 0.3) is 5.91 Å². The molecule has 21 heavy (non-hydrogen) atoms. The average Bonchev–Trinajstić information content (AvgIpc) is 3.22. The van der Waals surface area contributed by atoms with Crippen LogP contribution in [0.4, 0.5) is 0 Å². The summed E-state index contributed by atoms with van der Waals surface area (Å²) in [7, 11) is 0. The van der Waals surface area contributed by atoms with Gasteiger partial charge in [0.15, 0.2) is 6.39 Å². The van der Waals surface area contributed by atoms with Crippen LogP contribution in [0, 0.1) is 0 Å². The Hall–Kier alpha value is -2.63. The molecule has 1 fully saturated rings. The van der Waals surface area contributed by atoms with Gasteiger partial charge >= 0.3 is 5.97 Å². The molecule has 0 saturated heterocycles. The molecule has 1 heterocycles. The van der Waals surface area contributed by atoms with Crippen LogP contribution in [0.15, 0.2) is 35.1 Å². The van der Waals surface area contributed by atoms with Crippen LogP contribution < -0.4 is 5.32 Å². The van der Waals surface area contributed by atoms with Gasteiger partial charge in [-0.25, -0.2) is 9.78 Å². The molecule has 0 radical (unpaired) electrons. The molecule has 1 amide bonds. The number of hydrogen-bond donors (Lipinski definition) is 2. The smallest absolute Gasteiger partial charge is 0.335 e. The molecule has 1 aliphatic carbocycles. The quantitative estimate of drug-likeness (QED) is 0.878. The van der Waals surface area contributed by atoms with Gasteiger partial charge in [0, 0.05) is 12.5 Å². The van der Waals surface area contributed by atoms with E-state index in [2.05, 4.69) is 10.3 Å². The molecule has 6 nitrogen and oxygen atoms in total.